The van der Waals surface area contributed by atoms with Crippen LogP contribution in [0.1, 0.15) is 37.7 Å². The Bertz CT molecular complexity index is 660. The van der Waals surface area contributed by atoms with Gasteiger partial charge in [0.1, 0.15) is 0 Å². The Labute approximate surface area is 156 Å². The number of hydrogen-bond donors (Lipinski definition) is 0. The second-order valence-corrected chi connectivity index (χ2v) is 7.82. The number of carbonyl (C=O) groups excluding carboxylic acids is 1. The summed E-state index contributed by atoms with van der Waals surface area (Å²) in [4.78, 5) is 22.0. The van der Waals surface area contributed by atoms with E-state index in [1.165, 1.54) is 12.0 Å². The van der Waals surface area contributed by atoms with Gasteiger partial charge in [-0.1, -0.05) is 12.1 Å². The van der Waals surface area contributed by atoms with Gasteiger partial charge in [-0.05, 0) is 43.7 Å². The second-order valence-electron chi connectivity index (χ2n) is 7.82. The molecule has 26 heavy (non-hydrogen) atoms. The minimum absolute atomic E-state index is 0.253. The number of carbonyl (C=O) groups is 1. The van der Waals surface area contributed by atoms with Crippen LogP contribution in [0, 0.1) is 5.92 Å². The summed E-state index contributed by atoms with van der Waals surface area (Å²) in [6.07, 6.45) is 11.5. The monoisotopic (exact) mass is 355 g/mol. The molecule has 0 bridgehead atoms. The van der Waals surface area contributed by atoms with E-state index in [1.54, 1.807) is 0 Å². The lowest BCUT2D eigenvalue weighted by Gasteiger charge is -2.41. The highest BCUT2D eigenvalue weighted by Crippen LogP contribution is 2.34. The SMILES string of the molecule is CO[C@@H]1CCN(C(=O)C2=CCCCC2)[C@@H]2CN(Cc3cccnc3)C[C@@H]21. The van der Waals surface area contributed by atoms with E-state index in [2.05, 4.69) is 26.9 Å². The van der Waals surface area contributed by atoms with Crippen molar-refractivity contribution in [1.29, 1.82) is 0 Å². The number of piperidine rings is 1. The molecular formula is C21H29N3O2. The first-order valence-electron chi connectivity index (χ1n) is 9.90. The fourth-order valence-corrected chi connectivity index (χ4v) is 4.88. The van der Waals surface area contributed by atoms with E-state index in [4.69, 9.17) is 4.74 Å². The summed E-state index contributed by atoms with van der Waals surface area (Å²) in [5, 5.41) is 0. The third kappa shape index (κ3) is 3.55. The van der Waals surface area contributed by atoms with Crippen LogP contribution in [0.2, 0.25) is 0 Å². The van der Waals surface area contributed by atoms with Crippen LogP contribution in [0.15, 0.2) is 36.2 Å². The molecule has 3 aliphatic rings. The molecule has 1 aromatic heterocycles. The van der Waals surface area contributed by atoms with Crippen LogP contribution in [-0.2, 0) is 16.1 Å². The van der Waals surface area contributed by atoms with Crippen molar-refractivity contribution in [2.24, 2.45) is 5.92 Å². The predicted octanol–water partition coefficient (Wildman–Crippen LogP) is 2.63. The highest BCUT2D eigenvalue weighted by atomic mass is 16.5. The average molecular weight is 355 g/mol. The Kier molecular flexibility index (Phi) is 5.36. The molecule has 5 heteroatoms. The van der Waals surface area contributed by atoms with Crippen molar-refractivity contribution in [3.63, 3.8) is 0 Å². The lowest BCUT2D eigenvalue weighted by molar-refractivity contribution is -0.134. The molecule has 2 saturated heterocycles. The van der Waals surface area contributed by atoms with Crippen molar-refractivity contribution in [1.82, 2.24) is 14.8 Å². The topological polar surface area (TPSA) is 45.7 Å². The quantitative estimate of drug-likeness (QED) is 0.833. The van der Waals surface area contributed by atoms with Crippen molar-refractivity contribution < 1.29 is 9.53 Å². The van der Waals surface area contributed by atoms with E-state index in [0.29, 0.717) is 5.92 Å². The van der Waals surface area contributed by atoms with Crippen molar-refractivity contribution in [3.8, 4) is 0 Å². The number of rotatable bonds is 4. The van der Waals surface area contributed by atoms with Gasteiger partial charge < -0.3 is 9.64 Å². The smallest absolute Gasteiger partial charge is 0.249 e. The van der Waals surface area contributed by atoms with Crippen molar-refractivity contribution in [2.75, 3.05) is 26.7 Å². The third-order valence-corrected chi connectivity index (χ3v) is 6.20. The lowest BCUT2D eigenvalue weighted by Crippen LogP contribution is -2.54. The van der Waals surface area contributed by atoms with Crippen LogP contribution in [0.4, 0.5) is 0 Å². The number of methoxy groups -OCH3 is 1. The zero-order valence-corrected chi connectivity index (χ0v) is 15.6. The first-order valence-corrected chi connectivity index (χ1v) is 9.90. The fourth-order valence-electron chi connectivity index (χ4n) is 4.88. The van der Waals surface area contributed by atoms with Gasteiger partial charge in [0.15, 0.2) is 0 Å². The number of aromatic nitrogens is 1. The molecule has 0 saturated carbocycles. The molecule has 3 atom stereocenters. The Morgan fingerprint density at radius 2 is 2.27 bits per heavy atom. The standard InChI is InChI=1S/C21H29N3O2/c1-26-20-9-11-24(21(25)17-7-3-2-4-8-17)19-15-23(14-18(19)20)13-16-6-5-10-22-12-16/h5-7,10,12,18-20H,2-4,8-9,11,13-15H2,1H3/t18-,19+,20+/m0/s1. The number of nitrogens with zero attached hydrogens (tertiary/aromatic N) is 3. The molecule has 0 N–H and O–H groups in total. The van der Waals surface area contributed by atoms with Gasteiger partial charge in [-0.15, -0.1) is 0 Å². The van der Waals surface area contributed by atoms with Crippen molar-refractivity contribution in [3.05, 3.63) is 41.7 Å². The molecular weight excluding hydrogens is 326 g/mol. The molecule has 0 spiro atoms. The third-order valence-electron chi connectivity index (χ3n) is 6.20. The van der Waals surface area contributed by atoms with E-state index in [-0.39, 0.29) is 18.1 Å². The number of hydrogen-bond acceptors (Lipinski definition) is 4. The number of fused-ring (bicyclic) bond motifs is 1. The zero-order valence-electron chi connectivity index (χ0n) is 15.6. The van der Waals surface area contributed by atoms with Gasteiger partial charge in [0.05, 0.1) is 12.1 Å². The van der Waals surface area contributed by atoms with Gasteiger partial charge in [0.2, 0.25) is 5.91 Å². The summed E-state index contributed by atoms with van der Waals surface area (Å²) < 4.78 is 5.79. The molecule has 2 aliphatic heterocycles. The van der Waals surface area contributed by atoms with Crippen LogP contribution in [0.5, 0.6) is 0 Å². The maximum absolute atomic E-state index is 13.1. The summed E-state index contributed by atoms with van der Waals surface area (Å²) in [6.45, 7) is 3.62. The maximum atomic E-state index is 13.1. The van der Waals surface area contributed by atoms with Crippen LogP contribution in [0.25, 0.3) is 0 Å². The predicted molar refractivity (Wildman–Crippen MR) is 100 cm³/mol. The molecule has 1 amide bonds. The fraction of sp³-hybridized carbons (Fsp3) is 0.619. The zero-order chi connectivity index (χ0) is 17.9. The van der Waals surface area contributed by atoms with Crippen molar-refractivity contribution in [2.45, 2.75) is 50.8 Å². The van der Waals surface area contributed by atoms with Gasteiger partial charge in [-0.25, -0.2) is 0 Å². The maximum Gasteiger partial charge on any atom is 0.249 e. The van der Waals surface area contributed by atoms with E-state index in [9.17, 15) is 4.79 Å². The Morgan fingerprint density at radius 1 is 1.35 bits per heavy atom. The van der Waals surface area contributed by atoms with Crippen LogP contribution in [0.3, 0.4) is 0 Å². The minimum atomic E-state index is 0.253. The summed E-state index contributed by atoms with van der Waals surface area (Å²) in [5.74, 6) is 0.677. The lowest BCUT2D eigenvalue weighted by atomic mass is 9.87. The normalized spacial score (nSPS) is 29.3. The largest absolute Gasteiger partial charge is 0.381 e. The number of allylic oxidation sites excluding steroid dienone is 1. The first kappa shape index (κ1) is 17.7. The number of ether oxygens (including phenoxy) is 1. The Morgan fingerprint density at radius 3 is 3.00 bits per heavy atom. The molecule has 3 heterocycles. The highest BCUT2D eigenvalue weighted by molar-refractivity contribution is 5.94. The minimum Gasteiger partial charge on any atom is -0.381 e. The van der Waals surface area contributed by atoms with Gasteiger partial charge in [-0.2, -0.15) is 0 Å². The Balaban J connectivity index is 1.50. The molecule has 1 aliphatic carbocycles. The summed E-state index contributed by atoms with van der Waals surface area (Å²) in [5.41, 5.74) is 2.27. The van der Waals surface area contributed by atoms with Crippen LogP contribution in [-0.4, -0.2) is 59.6 Å². The summed E-state index contributed by atoms with van der Waals surface area (Å²) in [7, 11) is 1.81. The molecule has 0 aromatic carbocycles. The first-order chi connectivity index (χ1) is 12.8. The van der Waals surface area contributed by atoms with Gasteiger partial charge in [-0.3, -0.25) is 14.7 Å². The summed E-state index contributed by atoms with van der Waals surface area (Å²) >= 11 is 0. The van der Waals surface area contributed by atoms with E-state index in [0.717, 1.165) is 57.4 Å². The Hall–Kier alpha value is -1.72. The van der Waals surface area contributed by atoms with Gasteiger partial charge in [0, 0.05) is 57.2 Å². The molecule has 2 fully saturated rings. The molecule has 0 unspecified atom stereocenters. The van der Waals surface area contributed by atoms with Crippen molar-refractivity contribution >= 4 is 5.91 Å². The number of pyridine rings is 1. The molecule has 4 rings (SSSR count). The van der Waals surface area contributed by atoms with E-state index in [1.807, 2.05) is 25.6 Å². The van der Waals surface area contributed by atoms with Crippen LogP contribution < -0.4 is 0 Å². The number of amides is 1. The molecule has 5 nitrogen and oxygen atoms in total. The average Bonchev–Trinajstić information content (AvgIpc) is 3.11. The summed E-state index contributed by atoms with van der Waals surface area (Å²) in [6, 6.07) is 4.38. The van der Waals surface area contributed by atoms with Crippen LogP contribution >= 0.6 is 0 Å². The van der Waals surface area contributed by atoms with E-state index >= 15 is 0 Å². The van der Waals surface area contributed by atoms with Gasteiger partial charge >= 0.3 is 0 Å². The van der Waals surface area contributed by atoms with E-state index < -0.39 is 0 Å². The number of likely N-dealkylation sites (tertiary alicyclic amines) is 2. The molecule has 1 aromatic rings. The molecule has 0 radical (unpaired) electrons. The second kappa shape index (κ2) is 7.89. The van der Waals surface area contributed by atoms with Gasteiger partial charge in [0.25, 0.3) is 0 Å². The highest BCUT2D eigenvalue weighted by Gasteiger charge is 2.46. The molecule has 140 valence electrons.